The van der Waals surface area contributed by atoms with Crippen molar-refractivity contribution in [3.05, 3.63) is 39.3 Å². The van der Waals surface area contributed by atoms with E-state index in [1.807, 2.05) is 16.8 Å². The molecule has 0 bridgehead atoms. The van der Waals surface area contributed by atoms with Gasteiger partial charge in [0.2, 0.25) is 5.91 Å². The third-order valence-electron chi connectivity index (χ3n) is 4.33. The van der Waals surface area contributed by atoms with Crippen LogP contribution in [0.1, 0.15) is 47.9 Å². The number of thiophene rings is 1. The van der Waals surface area contributed by atoms with E-state index in [0.29, 0.717) is 5.13 Å². The van der Waals surface area contributed by atoms with Crippen LogP contribution in [-0.4, -0.2) is 31.1 Å². The number of aromatic nitrogens is 5. The number of nitrogens with one attached hydrogen (secondary N) is 1. The maximum absolute atomic E-state index is 12.6. The van der Waals surface area contributed by atoms with Crippen molar-refractivity contribution in [3.8, 4) is 0 Å². The summed E-state index contributed by atoms with van der Waals surface area (Å²) >= 11 is 3.20. The molecule has 25 heavy (non-hydrogen) atoms. The number of tetrazole rings is 1. The summed E-state index contributed by atoms with van der Waals surface area (Å²) in [5, 5.41) is 19.0. The Morgan fingerprint density at radius 3 is 3.04 bits per heavy atom. The van der Waals surface area contributed by atoms with Crippen molar-refractivity contribution in [1.82, 2.24) is 25.2 Å². The van der Waals surface area contributed by atoms with Gasteiger partial charge in [-0.1, -0.05) is 6.42 Å². The van der Waals surface area contributed by atoms with Gasteiger partial charge in [-0.25, -0.2) is 9.67 Å². The van der Waals surface area contributed by atoms with Crippen LogP contribution in [0.4, 0.5) is 5.13 Å². The van der Waals surface area contributed by atoms with E-state index < -0.39 is 0 Å². The average molecular weight is 374 g/mol. The first-order chi connectivity index (χ1) is 12.3. The first-order valence-corrected chi connectivity index (χ1v) is 10.1. The van der Waals surface area contributed by atoms with Crippen molar-refractivity contribution in [2.24, 2.45) is 0 Å². The largest absolute Gasteiger partial charge is 0.302 e. The van der Waals surface area contributed by atoms with E-state index in [4.69, 9.17) is 0 Å². The molecule has 0 spiro atoms. The van der Waals surface area contributed by atoms with Gasteiger partial charge in [0, 0.05) is 4.88 Å². The van der Waals surface area contributed by atoms with Crippen molar-refractivity contribution in [2.75, 3.05) is 5.32 Å². The van der Waals surface area contributed by atoms with Crippen LogP contribution in [0, 0.1) is 0 Å². The summed E-state index contributed by atoms with van der Waals surface area (Å²) in [6, 6.07) is 1.79. The highest BCUT2D eigenvalue weighted by Gasteiger charge is 2.21. The molecule has 1 N–H and O–H groups in total. The molecule has 1 aliphatic carbocycles. The Hall–Kier alpha value is -2.13. The number of carbonyl (C=O) groups is 1. The van der Waals surface area contributed by atoms with Crippen LogP contribution < -0.4 is 5.32 Å². The van der Waals surface area contributed by atoms with E-state index in [1.54, 1.807) is 33.7 Å². The fraction of sp³-hybridized carbons (Fsp3) is 0.438. The third-order valence-corrected chi connectivity index (χ3v) is 6.11. The van der Waals surface area contributed by atoms with E-state index in [2.05, 4.69) is 25.8 Å². The number of anilines is 1. The predicted octanol–water partition coefficient (Wildman–Crippen LogP) is 3.08. The van der Waals surface area contributed by atoms with Crippen LogP contribution in [0.15, 0.2) is 23.2 Å². The number of amides is 1. The standard InChI is InChI=1S/C16H18N6OS2/c23-15(19-16-18-12-4-2-1-3-5-14(12)25-16)8-13(11-6-7-24-9-11)22-10-17-20-21-22/h6-7,9-10,13H,1-5,8H2,(H,18,19,23)/t13-/m0/s1. The Bertz CT molecular complexity index is 769. The molecule has 7 nitrogen and oxygen atoms in total. The topological polar surface area (TPSA) is 85.6 Å². The van der Waals surface area contributed by atoms with Crippen molar-refractivity contribution >= 4 is 33.7 Å². The quantitative estimate of drug-likeness (QED) is 0.694. The lowest BCUT2D eigenvalue weighted by Crippen LogP contribution is -2.20. The third kappa shape index (κ3) is 3.77. The fourth-order valence-electron chi connectivity index (χ4n) is 3.07. The van der Waals surface area contributed by atoms with Crippen molar-refractivity contribution in [2.45, 2.75) is 44.6 Å². The highest BCUT2D eigenvalue weighted by molar-refractivity contribution is 7.15. The summed E-state index contributed by atoms with van der Waals surface area (Å²) in [5.41, 5.74) is 2.19. The average Bonchev–Trinajstić information content (AvgIpc) is 3.34. The molecule has 0 radical (unpaired) electrons. The van der Waals surface area contributed by atoms with Gasteiger partial charge >= 0.3 is 0 Å². The second-order valence-corrected chi connectivity index (χ2v) is 7.93. The number of thiazole rings is 1. The molecule has 1 aliphatic rings. The van der Waals surface area contributed by atoms with Crippen LogP contribution in [-0.2, 0) is 17.6 Å². The molecule has 1 amide bonds. The maximum Gasteiger partial charge on any atom is 0.228 e. The molecular formula is C16H18N6OS2. The molecule has 130 valence electrons. The molecule has 1 atom stereocenters. The lowest BCUT2D eigenvalue weighted by atomic mass is 10.1. The Balaban J connectivity index is 1.47. The molecule has 0 unspecified atom stereocenters. The molecule has 0 saturated carbocycles. The number of aryl methyl sites for hydroxylation is 2. The minimum Gasteiger partial charge on any atom is -0.302 e. The Kier molecular flexibility index (Phi) is 4.84. The molecule has 3 heterocycles. The second kappa shape index (κ2) is 7.40. The van der Waals surface area contributed by atoms with Gasteiger partial charge in [0.25, 0.3) is 0 Å². The van der Waals surface area contributed by atoms with E-state index >= 15 is 0 Å². The number of rotatable bonds is 5. The van der Waals surface area contributed by atoms with Crippen LogP contribution >= 0.6 is 22.7 Å². The Labute approximate surface area is 153 Å². The van der Waals surface area contributed by atoms with Gasteiger partial charge in [-0.15, -0.1) is 16.4 Å². The molecule has 0 aromatic carbocycles. The lowest BCUT2D eigenvalue weighted by molar-refractivity contribution is -0.116. The highest BCUT2D eigenvalue weighted by atomic mass is 32.1. The van der Waals surface area contributed by atoms with E-state index in [0.717, 1.165) is 24.1 Å². The molecule has 0 aliphatic heterocycles. The van der Waals surface area contributed by atoms with Gasteiger partial charge in [0.15, 0.2) is 5.13 Å². The smallest absolute Gasteiger partial charge is 0.228 e. The second-order valence-electron chi connectivity index (χ2n) is 6.06. The van der Waals surface area contributed by atoms with Crippen LogP contribution in [0.5, 0.6) is 0 Å². The van der Waals surface area contributed by atoms with E-state index in [-0.39, 0.29) is 18.4 Å². The molecule has 0 saturated heterocycles. The van der Waals surface area contributed by atoms with Crippen LogP contribution in [0.3, 0.4) is 0 Å². The fourth-order valence-corrected chi connectivity index (χ4v) is 4.84. The zero-order valence-corrected chi connectivity index (χ0v) is 15.2. The minimum atomic E-state index is -0.209. The molecule has 9 heteroatoms. The summed E-state index contributed by atoms with van der Waals surface area (Å²) in [6.45, 7) is 0. The first-order valence-electron chi connectivity index (χ1n) is 8.32. The zero-order chi connectivity index (χ0) is 17.1. The molecular weight excluding hydrogens is 356 g/mol. The summed E-state index contributed by atoms with van der Waals surface area (Å²) in [5.74, 6) is -0.0735. The molecule has 4 rings (SSSR count). The van der Waals surface area contributed by atoms with Gasteiger partial charge in [-0.05, 0) is 58.5 Å². The Morgan fingerprint density at radius 2 is 2.24 bits per heavy atom. The van der Waals surface area contributed by atoms with E-state index in [1.165, 1.54) is 24.1 Å². The lowest BCUT2D eigenvalue weighted by Gasteiger charge is -2.14. The first kappa shape index (κ1) is 16.3. The normalized spacial score (nSPS) is 15.4. The molecule has 3 aromatic heterocycles. The molecule has 3 aromatic rings. The number of fused-ring (bicyclic) bond motifs is 1. The molecule has 0 fully saturated rings. The van der Waals surface area contributed by atoms with Gasteiger partial charge in [0.05, 0.1) is 18.2 Å². The highest BCUT2D eigenvalue weighted by Crippen LogP contribution is 2.30. The monoisotopic (exact) mass is 374 g/mol. The number of hydrogen-bond donors (Lipinski definition) is 1. The van der Waals surface area contributed by atoms with Crippen LogP contribution in [0.25, 0.3) is 0 Å². The number of carbonyl (C=O) groups excluding carboxylic acids is 1. The zero-order valence-electron chi connectivity index (χ0n) is 13.6. The minimum absolute atomic E-state index is 0.0735. The van der Waals surface area contributed by atoms with E-state index in [9.17, 15) is 4.79 Å². The predicted molar refractivity (Wildman–Crippen MR) is 96.9 cm³/mol. The van der Waals surface area contributed by atoms with Gasteiger partial charge in [-0.3, -0.25) is 4.79 Å². The summed E-state index contributed by atoms with van der Waals surface area (Å²) in [4.78, 5) is 18.5. The number of nitrogens with zero attached hydrogens (tertiary/aromatic N) is 5. The van der Waals surface area contributed by atoms with Gasteiger partial charge in [-0.2, -0.15) is 11.3 Å². The SMILES string of the molecule is O=C(C[C@@H](c1ccsc1)n1cnnn1)Nc1nc2c(s1)CCCCC2. The van der Waals surface area contributed by atoms with Crippen molar-refractivity contribution in [1.29, 1.82) is 0 Å². The van der Waals surface area contributed by atoms with Crippen LogP contribution in [0.2, 0.25) is 0 Å². The van der Waals surface area contributed by atoms with Crippen molar-refractivity contribution in [3.63, 3.8) is 0 Å². The summed E-state index contributed by atoms with van der Waals surface area (Å²) in [6.07, 6.45) is 7.56. The summed E-state index contributed by atoms with van der Waals surface area (Å²) < 4.78 is 1.62. The summed E-state index contributed by atoms with van der Waals surface area (Å²) in [7, 11) is 0. The van der Waals surface area contributed by atoms with Gasteiger partial charge < -0.3 is 5.32 Å². The van der Waals surface area contributed by atoms with Crippen molar-refractivity contribution < 1.29 is 4.79 Å². The maximum atomic E-state index is 12.6. The van der Waals surface area contributed by atoms with Gasteiger partial charge in [0.1, 0.15) is 6.33 Å². The Morgan fingerprint density at radius 1 is 1.32 bits per heavy atom. The number of hydrogen-bond acceptors (Lipinski definition) is 7.